The first kappa shape index (κ1) is 26.0. The van der Waals surface area contributed by atoms with E-state index in [1.54, 1.807) is 17.9 Å². The van der Waals surface area contributed by atoms with Gasteiger partial charge in [-0.1, -0.05) is 18.2 Å². The Hall–Kier alpha value is -4.06. The molecule has 1 atom stereocenters. The molecule has 0 bridgehead atoms. The molecule has 194 valence electrons. The van der Waals surface area contributed by atoms with E-state index < -0.39 is 0 Å². The molecule has 1 aliphatic heterocycles. The van der Waals surface area contributed by atoms with Crippen molar-refractivity contribution in [3.63, 3.8) is 0 Å². The number of amides is 2. The Morgan fingerprint density at radius 1 is 1.24 bits per heavy atom. The molecular formula is C28H33N5O4. The molecular weight excluding hydrogens is 470 g/mol. The maximum atomic E-state index is 13.5. The number of nitrogens with one attached hydrogen (secondary N) is 2. The minimum Gasteiger partial charge on any atom is -0.496 e. The lowest BCUT2D eigenvalue weighted by molar-refractivity contribution is -0.131. The number of aryl methyl sites for hydroxylation is 1. The predicted molar refractivity (Wildman–Crippen MR) is 140 cm³/mol. The van der Waals surface area contributed by atoms with E-state index in [2.05, 4.69) is 21.8 Å². The molecule has 1 aromatic carbocycles. The van der Waals surface area contributed by atoms with Gasteiger partial charge in [0.25, 0.3) is 11.5 Å². The summed E-state index contributed by atoms with van der Waals surface area (Å²) < 4.78 is 7.58. The number of aromatic amines is 1. The summed E-state index contributed by atoms with van der Waals surface area (Å²) in [6.45, 7) is 7.20. The lowest BCUT2D eigenvalue weighted by Gasteiger charge is -2.36. The van der Waals surface area contributed by atoms with Crippen LogP contribution in [0.15, 0.2) is 35.1 Å². The van der Waals surface area contributed by atoms with Crippen LogP contribution in [-0.2, 0) is 11.3 Å². The van der Waals surface area contributed by atoms with Crippen LogP contribution in [0.4, 0.5) is 0 Å². The van der Waals surface area contributed by atoms with E-state index in [1.165, 1.54) is 7.11 Å². The van der Waals surface area contributed by atoms with Crippen molar-refractivity contribution in [3.05, 3.63) is 63.2 Å². The topological polar surface area (TPSA) is 120 Å². The zero-order valence-electron chi connectivity index (χ0n) is 21.8. The lowest BCUT2D eigenvalue weighted by atomic mass is 9.89. The molecule has 3 aromatic rings. The monoisotopic (exact) mass is 503 g/mol. The highest BCUT2D eigenvalue weighted by Gasteiger charge is 2.30. The fourth-order valence-electron chi connectivity index (χ4n) is 5.52. The summed E-state index contributed by atoms with van der Waals surface area (Å²) in [6.07, 6.45) is 1.59. The minimum atomic E-state index is -0.287. The average Bonchev–Trinajstić information content (AvgIpc) is 3.19. The Balaban J connectivity index is 1.59. The van der Waals surface area contributed by atoms with E-state index in [-0.39, 0.29) is 36.4 Å². The maximum absolute atomic E-state index is 13.5. The van der Waals surface area contributed by atoms with Gasteiger partial charge in [0.2, 0.25) is 5.91 Å². The van der Waals surface area contributed by atoms with Crippen LogP contribution in [0.25, 0.3) is 10.9 Å². The molecule has 1 fully saturated rings. The fourth-order valence-corrected chi connectivity index (χ4v) is 5.52. The Morgan fingerprint density at radius 3 is 2.62 bits per heavy atom. The number of para-hydroxylation sites is 1. The van der Waals surface area contributed by atoms with Crippen LogP contribution in [0.2, 0.25) is 0 Å². The molecule has 1 saturated heterocycles. The second kappa shape index (κ2) is 10.9. The third-order valence-corrected chi connectivity index (χ3v) is 7.47. The van der Waals surface area contributed by atoms with E-state index in [1.807, 2.05) is 37.3 Å². The van der Waals surface area contributed by atoms with Gasteiger partial charge in [0.05, 0.1) is 30.9 Å². The van der Waals surface area contributed by atoms with E-state index in [9.17, 15) is 14.4 Å². The van der Waals surface area contributed by atoms with Crippen LogP contribution in [0.5, 0.6) is 5.75 Å². The van der Waals surface area contributed by atoms with Gasteiger partial charge in [-0.05, 0) is 51.7 Å². The summed E-state index contributed by atoms with van der Waals surface area (Å²) in [4.78, 5) is 42.6. The number of aromatic nitrogens is 2. The minimum absolute atomic E-state index is 0.0430. The van der Waals surface area contributed by atoms with E-state index in [0.717, 1.165) is 29.4 Å². The van der Waals surface area contributed by atoms with Crippen molar-refractivity contribution >= 4 is 22.7 Å². The van der Waals surface area contributed by atoms with Gasteiger partial charge in [0, 0.05) is 41.4 Å². The van der Waals surface area contributed by atoms with Gasteiger partial charge in [-0.25, -0.2) is 0 Å². The van der Waals surface area contributed by atoms with Crippen LogP contribution >= 0.6 is 0 Å². The number of H-pyrrole nitrogens is 1. The number of fused-ring (bicyclic) bond motifs is 1. The van der Waals surface area contributed by atoms with Crippen molar-refractivity contribution in [2.45, 2.75) is 52.6 Å². The van der Waals surface area contributed by atoms with Crippen molar-refractivity contribution in [1.29, 1.82) is 5.26 Å². The molecule has 9 heteroatoms. The summed E-state index contributed by atoms with van der Waals surface area (Å²) in [5.74, 6) is 0.402. The number of nitriles is 1. The number of hydrogen-bond donors (Lipinski definition) is 2. The van der Waals surface area contributed by atoms with Crippen molar-refractivity contribution < 1.29 is 14.3 Å². The molecule has 2 amide bonds. The molecule has 0 radical (unpaired) electrons. The molecule has 0 unspecified atom stereocenters. The molecule has 0 aliphatic carbocycles. The second-order valence-electron chi connectivity index (χ2n) is 9.65. The first-order chi connectivity index (χ1) is 17.8. The van der Waals surface area contributed by atoms with Crippen molar-refractivity contribution in [1.82, 2.24) is 19.8 Å². The van der Waals surface area contributed by atoms with E-state index >= 15 is 0 Å². The smallest absolute Gasteiger partial charge is 0.256 e. The highest BCUT2D eigenvalue weighted by atomic mass is 16.5. The Labute approximate surface area is 216 Å². The van der Waals surface area contributed by atoms with Gasteiger partial charge in [0.1, 0.15) is 12.2 Å². The highest BCUT2D eigenvalue weighted by molar-refractivity contribution is 6.08. The third-order valence-electron chi connectivity index (χ3n) is 7.47. The van der Waals surface area contributed by atoms with Gasteiger partial charge in [0.15, 0.2) is 0 Å². The first-order valence-corrected chi connectivity index (χ1v) is 12.6. The van der Waals surface area contributed by atoms with Gasteiger partial charge in [-0.15, -0.1) is 0 Å². The quantitative estimate of drug-likeness (QED) is 0.510. The van der Waals surface area contributed by atoms with Crippen LogP contribution in [-0.4, -0.2) is 46.5 Å². The lowest BCUT2D eigenvalue weighted by Crippen LogP contribution is -2.40. The average molecular weight is 504 g/mol. The Bertz CT molecular complexity index is 1420. The number of hydrogen-bond acceptors (Lipinski definition) is 5. The van der Waals surface area contributed by atoms with Crippen molar-refractivity contribution in [2.75, 3.05) is 20.2 Å². The molecule has 2 N–H and O–H groups in total. The number of benzene rings is 1. The molecule has 37 heavy (non-hydrogen) atoms. The number of methoxy groups -OCH3 is 1. The SMILES string of the molecule is COc1cc(C)[nH]c(=O)c1CNC(=O)c1c(C)n([C@H](C)C2CCN(C(=O)CC#N)CC2)c2ccccc12. The number of pyridine rings is 1. The normalized spacial score (nSPS) is 14.8. The maximum Gasteiger partial charge on any atom is 0.256 e. The van der Waals surface area contributed by atoms with Crippen LogP contribution in [0, 0.1) is 31.1 Å². The number of nitrogens with zero attached hydrogens (tertiary/aromatic N) is 3. The van der Waals surface area contributed by atoms with Crippen LogP contribution in [0.3, 0.4) is 0 Å². The van der Waals surface area contributed by atoms with Gasteiger partial charge < -0.3 is 24.5 Å². The molecule has 9 nitrogen and oxygen atoms in total. The molecule has 3 heterocycles. The van der Waals surface area contributed by atoms with Crippen LogP contribution < -0.4 is 15.6 Å². The molecule has 0 saturated carbocycles. The number of carbonyl (C=O) groups excluding carboxylic acids is 2. The highest BCUT2D eigenvalue weighted by Crippen LogP contribution is 2.35. The van der Waals surface area contributed by atoms with Crippen molar-refractivity contribution in [3.8, 4) is 11.8 Å². The van der Waals surface area contributed by atoms with E-state index in [0.29, 0.717) is 41.6 Å². The molecule has 1 aliphatic rings. The summed E-state index contributed by atoms with van der Waals surface area (Å²) in [5.41, 5.74) is 3.19. The number of likely N-dealkylation sites (tertiary alicyclic amines) is 1. The van der Waals surface area contributed by atoms with Crippen LogP contribution in [0.1, 0.15) is 59.5 Å². The Kier molecular flexibility index (Phi) is 7.67. The Morgan fingerprint density at radius 2 is 1.95 bits per heavy atom. The molecule has 4 rings (SSSR count). The number of carbonyl (C=O) groups is 2. The molecule has 0 spiro atoms. The standard InChI is InChI=1S/C28H33N5O4/c1-17-15-24(37-4)22(27(35)31-17)16-30-28(36)26-19(3)33(23-8-6-5-7-21(23)26)18(2)20-10-13-32(14-11-20)25(34)9-12-29/h5-8,15,18,20H,9-11,13-14,16H2,1-4H3,(H,30,36)(H,31,35)/t18-/m1/s1. The first-order valence-electron chi connectivity index (χ1n) is 12.6. The van der Waals surface area contributed by atoms with Gasteiger partial charge >= 0.3 is 0 Å². The zero-order valence-corrected chi connectivity index (χ0v) is 21.8. The fraction of sp³-hybridized carbons (Fsp3) is 0.429. The largest absolute Gasteiger partial charge is 0.496 e. The van der Waals surface area contributed by atoms with E-state index in [4.69, 9.17) is 10.00 Å². The summed E-state index contributed by atoms with van der Waals surface area (Å²) in [5, 5.41) is 12.6. The number of rotatable bonds is 7. The summed E-state index contributed by atoms with van der Waals surface area (Å²) in [6, 6.07) is 11.6. The zero-order chi connectivity index (χ0) is 26.7. The van der Waals surface area contributed by atoms with Gasteiger partial charge in [-0.2, -0.15) is 5.26 Å². The number of piperidine rings is 1. The summed E-state index contributed by atoms with van der Waals surface area (Å²) >= 11 is 0. The second-order valence-corrected chi connectivity index (χ2v) is 9.65. The predicted octanol–water partition coefficient (Wildman–Crippen LogP) is 3.60. The van der Waals surface area contributed by atoms with Crippen molar-refractivity contribution in [2.24, 2.45) is 5.92 Å². The molecule has 2 aromatic heterocycles. The van der Waals surface area contributed by atoms with Gasteiger partial charge in [-0.3, -0.25) is 14.4 Å². The number of ether oxygens (including phenoxy) is 1. The third kappa shape index (κ3) is 5.10. The summed E-state index contributed by atoms with van der Waals surface area (Å²) in [7, 11) is 1.50.